The number of aromatic nitrogens is 1. The maximum absolute atomic E-state index is 12.6. The lowest BCUT2D eigenvalue weighted by molar-refractivity contribution is 0.102. The molecule has 0 aliphatic heterocycles. The summed E-state index contributed by atoms with van der Waals surface area (Å²) < 4.78 is 11.7. The molecule has 0 unspecified atom stereocenters. The highest BCUT2D eigenvalue weighted by atomic mass is 79.9. The van der Waals surface area contributed by atoms with E-state index in [9.17, 15) is 4.79 Å². The Kier molecular flexibility index (Phi) is 5.50. The molecular weight excluding hydrogens is 479 g/mol. The van der Waals surface area contributed by atoms with Crippen LogP contribution in [0.2, 0.25) is 10.0 Å². The average molecular weight is 492 g/mol. The standard InChI is InChI=1S/C21H13BrCl2N2O3/c1-28-18-6-2-11(8-16(18)24)21-26-17-10-13(4-7-19(17)29-21)25-20(27)14-9-12(22)3-5-15(14)23/h2-10H,1H3,(H,25,27). The summed E-state index contributed by atoms with van der Waals surface area (Å²) in [6.07, 6.45) is 0. The fraction of sp³-hybridized carbons (Fsp3) is 0.0476. The first-order valence-corrected chi connectivity index (χ1v) is 10.0. The van der Waals surface area contributed by atoms with Crippen LogP contribution in [0.25, 0.3) is 22.6 Å². The van der Waals surface area contributed by atoms with E-state index in [0.29, 0.717) is 44.0 Å². The van der Waals surface area contributed by atoms with Gasteiger partial charge in [0.15, 0.2) is 5.58 Å². The van der Waals surface area contributed by atoms with Gasteiger partial charge in [-0.05, 0) is 54.6 Å². The second-order valence-corrected chi connectivity index (χ2v) is 7.86. The molecule has 5 nitrogen and oxygen atoms in total. The molecule has 0 saturated carbocycles. The summed E-state index contributed by atoms with van der Waals surface area (Å²) in [5, 5.41) is 3.66. The molecule has 1 amide bonds. The van der Waals surface area contributed by atoms with Crippen molar-refractivity contribution in [3.05, 3.63) is 74.7 Å². The molecule has 29 heavy (non-hydrogen) atoms. The summed E-state index contributed by atoms with van der Waals surface area (Å²) in [5.74, 6) is 0.673. The highest BCUT2D eigenvalue weighted by molar-refractivity contribution is 9.10. The van der Waals surface area contributed by atoms with Gasteiger partial charge in [-0.25, -0.2) is 4.98 Å². The summed E-state index contributed by atoms with van der Waals surface area (Å²) in [5.41, 5.74) is 2.86. The van der Waals surface area contributed by atoms with Crippen molar-refractivity contribution in [2.24, 2.45) is 0 Å². The zero-order chi connectivity index (χ0) is 20.5. The topological polar surface area (TPSA) is 64.4 Å². The minimum absolute atomic E-state index is 0.318. The maximum Gasteiger partial charge on any atom is 0.257 e. The van der Waals surface area contributed by atoms with E-state index in [0.717, 1.165) is 10.0 Å². The lowest BCUT2D eigenvalue weighted by Gasteiger charge is -2.07. The molecule has 0 spiro atoms. The Balaban J connectivity index is 1.62. The predicted molar refractivity (Wildman–Crippen MR) is 118 cm³/mol. The molecule has 0 bridgehead atoms. The van der Waals surface area contributed by atoms with Crippen LogP contribution in [0.4, 0.5) is 5.69 Å². The number of rotatable bonds is 4. The summed E-state index contributed by atoms with van der Waals surface area (Å²) >= 11 is 15.7. The highest BCUT2D eigenvalue weighted by Crippen LogP contribution is 2.32. The molecule has 0 fully saturated rings. The van der Waals surface area contributed by atoms with Crippen molar-refractivity contribution < 1.29 is 13.9 Å². The minimum Gasteiger partial charge on any atom is -0.495 e. The number of oxazole rings is 1. The van der Waals surface area contributed by atoms with Gasteiger partial charge in [-0.3, -0.25) is 4.79 Å². The number of carbonyl (C=O) groups excluding carboxylic acids is 1. The number of nitrogens with one attached hydrogen (secondary N) is 1. The Hall–Kier alpha value is -2.54. The number of benzene rings is 3. The molecule has 0 aliphatic carbocycles. The molecule has 0 radical (unpaired) electrons. The smallest absolute Gasteiger partial charge is 0.257 e. The zero-order valence-electron chi connectivity index (χ0n) is 15.0. The fourth-order valence-electron chi connectivity index (χ4n) is 2.80. The van der Waals surface area contributed by atoms with Crippen molar-refractivity contribution in [1.29, 1.82) is 0 Å². The third-order valence-electron chi connectivity index (χ3n) is 4.22. The number of halogens is 3. The van der Waals surface area contributed by atoms with E-state index in [-0.39, 0.29) is 5.91 Å². The van der Waals surface area contributed by atoms with Gasteiger partial charge in [0.05, 0.1) is 22.7 Å². The lowest BCUT2D eigenvalue weighted by Crippen LogP contribution is -2.12. The number of methoxy groups -OCH3 is 1. The van der Waals surface area contributed by atoms with Crippen molar-refractivity contribution in [3.8, 4) is 17.2 Å². The summed E-state index contributed by atoms with van der Waals surface area (Å²) in [7, 11) is 1.55. The molecule has 4 rings (SSSR count). The van der Waals surface area contributed by atoms with E-state index >= 15 is 0 Å². The normalized spacial score (nSPS) is 10.9. The predicted octanol–water partition coefficient (Wildman–Crippen LogP) is 6.83. The summed E-state index contributed by atoms with van der Waals surface area (Å²) in [6.45, 7) is 0. The maximum atomic E-state index is 12.6. The molecule has 1 aromatic heterocycles. The Labute approximate surface area is 184 Å². The van der Waals surface area contributed by atoms with Gasteiger partial charge in [0.2, 0.25) is 5.89 Å². The number of amides is 1. The number of ether oxygens (including phenoxy) is 1. The summed E-state index contributed by atoms with van der Waals surface area (Å²) in [6, 6.07) is 15.6. The SMILES string of the molecule is COc1ccc(-c2nc3cc(NC(=O)c4cc(Br)ccc4Cl)ccc3o2)cc1Cl. The fourth-order valence-corrected chi connectivity index (χ4v) is 3.62. The van der Waals surface area contributed by atoms with E-state index < -0.39 is 0 Å². The first-order chi connectivity index (χ1) is 13.9. The van der Waals surface area contributed by atoms with Crippen LogP contribution in [0, 0.1) is 0 Å². The minimum atomic E-state index is -0.318. The third kappa shape index (κ3) is 4.10. The molecule has 1 N–H and O–H groups in total. The Morgan fingerprint density at radius 1 is 1.07 bits per heavy atom. The van der Waals surface area contributed by atoms with Crippen LogP contribution in [0.1, 0.15) is 10.4 Å². The van der Waals surface area contributed by atoms with Gasteiger partial charge >= 0.3 is 0 Å². The van der Waals surface area contributed by atoms with Crippen molar-refractivity contribution in [1.82, 2.24) is 4.98 Å². The van der Waals surface area contributed by atoms with Crippen LogP contribution in [0.15, 0.2) is 63.5 Å². The number of carbonyl (C=O) groups is 1. The van der Waals surface area contributed by atoms with E-state index in [4.69, 9.17) is 32.4 Å². The van der Waals surface area contributed by atoms with Gasteiger partial charge in [0.1, 0.15) is 11.3 Å². The molecular formula is C21H13BrCl2N2O3. The molecule has 0 atom stereocenters. The molecule has 0 aliphatic rings. The molecule has 1 heterocycles. The van der Waals surface area contributed by atoms with Crippen LogP contribution in [-0.2, 0) is 0 Å². The molecule has 146 valence electrons. The molecule has 8 heteroatoms. The van der Waals surface area contributed by atoms with Gasteiger partial charge in [-0.2, -0.15) is 0 Å². The van der Waals surface area contributed by atoms with Crippen LogP contribution >= 0.6 is 39.1 Å². The molecule has 0 saturated heterocycles. The van der Waals surface area contributed by atoms with Crippen LogP contribution in [0.5, 0.6) is 5.75 Å². The van der Waals surface area contributed by atoms with Gasteiger partial charge < -0.3 is 14.5 Å². The van der Waals surface area contributed by atoms with Gasteiger partial charge in [-0.15, -0.1) is 0 Å². The second kappa shape index (κ2) is 8.06. The van der Waals surface area contributed by atoms with Crippen molar-refractivity contribution in [2.45, 2.75) is 0 Å². The Bertz CT molecular complexity index is 1240. The quantitative estimate of drug-likeness (QED) is 0.340. The number of hydrogen-bond donors (Lipinski definition) is 1. The zero-order valence-corrected chi connectivity index (χ0v) is 18.1. The van der Waals surface area contributed by atoms with E-state index in [2.05, 4.69) is 26.2 Å². The monoisotopic (exact) mass is 490 g/mol. The number of hydrogen-bond acceptors (Lipinski definition) is 4. The van der Waals surface area contributed by atoms with Gasteiger partial charge in [-0.1, -0.05) is 39.1 Å². The van der Waals surface area contributed by atoms with Crippen LogP contribution in [0.3, 0.4) is 0 Å². The lowest BCUT2D eigenvalue weighted by atomic mass is 10.2. The van der Waals surface area contributed by atoms with Crippen molar-refractivity contribution >= 4 is 61.8 Å². The largest absolute Gasteiger partial charge is 0.495 e. The number of anilines is 1. The van der Waals surface area contributed by atoms with E-state index in [1.54, 1.807) is 55.6 Å². The number of nitrogens with zero attached hydrogens (tertiary/aromatic N) is 1. The second-order valence-electron chi connectivity index (χ2n) is 6.13. The first-order valence-electron chi connectivity index (χ1n) is 8.45. The molecule has 4 aromatic rings. The Morgan fingerprint density at radius 2 is 1.90 bits per heavy atom. The molecule has 3 aromatic carbocycles. The third-order valence-corrected chi connectivity index (χ3v) is 5.34. The summed E-state index contributed by atoms with van der Waals surface area (Å²) in [4.78, 5) is 17.1. The van der Waals surface area contributed by atoms with Crippen molar-refractivity contribution in [2.75, 3.05) is 12.4 Å². The first kappa shape index (κ1) is 19.8. The van der Waals surface area contributed by atoms with Gasteiger partial charge in [0.25, 0.3) is 5.91 Å². The van der Waals surface area contributed by atoms with Crippen LogP contribution in [-0.4, -0.2) is 18.0 Å². The average Bonchev–Trinajstić information content (AvgIpc) is 3.13. The van der Waals surface area contributed by atoms with Gasteiger partial charge in [0, 0.05) is 15.7 Å². The van der Waals surface area contributed by atoms with E-state index in [1.807, 2.05) is 6.07 Å². The van der Waals surface area contributed by atoms with E-state index in [1.165, 1.54) is 0 Å². The van der Waals surface area contributed by atoms with Crippen LogP contribution < -0.4 is 10.1 Å². The Morgan fingerprint density at radius 3 is 2.66 bits per heavy atom. The van der Waals surface area contributed by atoms with Crippen molar-refractivity contribution in [3.63, 3.8) is 0 Å². The highest BCUT2D eigenvalue weighted by Gasteiger charge is 2.14. The number of fused-ring (bicyclic) bond motifs is 1.